The largest absolute Gasteiger partial charge is 0.324 e. The Balaban J connectivity index is 2.22. The van der Waals surface area contributed by atoms with Crippen molar-refractivity contribution in [3.05, 3.63) is 68.1 Å². The monoisotopic (exact) mass is 367 g/mol. The van der Waals surface area contributed by atoms with Crippen molar-refractivity contribution in [3.8, 4) is 0 Å². The molecule has 0 radical (unpaired) electrons. The van der Waals surface area contributed by atoms with E-state index in [9.17, 15) is 0 Å². The summed E-state index contributed by atoms with van der Waals surface area (Å²) in [5.41, 5.74) is 9.92. The number of aryl methyl sites for hydroxylation is 1. The molecule has 0 saturated heterocycles. The molecule has 2 rings (SSSR count). The van der Waals surface area contributed by atoms with Crippen LogP contribution in [0.5, 0.6) is 0 Å². The van der Waals surface area contributed by atoms with Crippen molar-refractivity contribution in [2.24, 2.45) is 5.73 Å². The Bertz CT molecular complexity index is 552. The van der Waals surface area contributed by atoms with Crippen LogP contribution in [0.3, 0.4) is 0 Å². The summed E-state index contributed by atoms with van der Waals surface area (Å²) in [5.74, 6) is 0. The van der Waals surface area contributed by atoms with Crippen LogP contribution in [-0.4, -0.2) is 0 Å². The predicted octanol–water partition coefficient (Wildman–Crippen LogP) is 4.76. The lowest BCUT2D eigenvalue weighted by molar-refractivity contribution is 0.717. The van der Waals surface area contributed by atoms with E-state index in [-0.39, 0.29) is 6.04 Å². The van der Waals surface area contributed by atoms with Crippen molar-refractivity contribution < 1.29 is 0 Å². The molecule has 2 N–H and O–H groups in total. The Morgan fingerprint density at radius 2 is 1.83 bits per heavy atom. The van der Waals surface area contributed by atoms with E-state index < -0.39 is 0 Å². The fourth-order valence-electron chi connectivity index (χ4n) is 1.98. The molecule has 0 fully saturated rings. The average Bonchev–Trinajstić information content (AvgIpc) is 2.32. The summed E-state index contributed by atoms with van der Waals surface area (Å²) < 4.78 is 2.21. The van der Waals surface area contributed by atoms with Gasteiger partial charge in [-0.05, 0) is 42.2 Å². The highest BCUT2D eigenvalue weighted by Crippen LogP contribution is 2.27. The fourth-order valence-corrected chi connectivity index (χ4v) is 2.99. The van der Waals surface area contributed by atoms with Gasteiger partial charge in [-0.25, -0.2) is 0 Å². The molecule has 1 unspecified atom stereocenters. The van der Waals surface area contributed by atoms with E-state index >= 15 is 0 Å². The van der Waals surface area contributed by atoms with Gasteiger partial charge in [-0.15, -0.1) is 0 Å². The maximum Gasteiger partial charge on any atom is 0.0347 e. The second-order valence-electron chi connectivity index (χ2n) is 4.42. The van der Waals surface area contributed by atoms with Gasteiger partial charge in [0.05, 0.1) is 0 Å². The Labute approximate surface area is 125 Å². The van der Waals surface area contributed by atoms with Crippen molar-refractivity contribution >= 4 is 31.9 Å². The molecule has 0 bridgehead atoms. The van der Waals surface area contributed by atoms with Gasteiger partial charge in [-0.3, -0.25) is 0 Å². The van der Waals surface area contributed by atoms with E-state index in [1.165, 1.54) is 11.1 Å². The lowest BCUT2D eigenvalue weighted by Gasteiger charge is -2.15. The summed E-state index contributed by atoms with van der Waals surface area (Å²) in [4.78, 5) is 0. The highest BCUT2D eigenvalue weighted by Gasteiger charge is 2.11. The number of nitrogens with two attached hydrogens (primary N) is 1. The van der Waals surface area contributed by atoms with Crippen LogP contribution in [0.1, 0.15) is 22.7 Å². The number of benzene rings is 2. The van der Waals surface area contributed by atoms with Crippen LogP contribution in [0, 0.1) is 6.92 Å². The number of hydrogen-bond donors (Lipinski definition) is 1. The first-order valence-corrected chi connectivity index (χ1v) is 7.41. The molecule has 1 nitrogen and oxygen atoms in total. The minimum Gasteiger partial charge on any atom is -0.324 e. The molecule has 0 spiro atoms. The van der Waals surface area contributed by atoms with Gasteiger partial charge < -0.3 is 5.73 Å². The van der Waals surface area contributed by atoms with E-state index in [1.807, 2.05) is 12.1 Å². The summed E-state index contributed by atoms with van der Waals surface area (Å²) in [6.07, 6.45) is 0.835. The quantitative estimate of drug-likeness (QED) is 0.830. The van der Waals surface area contributed by atoms with E-state index in [4.69, 9.17) is 5.73 Å². The van der Waals surface area contributed by atoms with Crippen LogP contribution in [0.2, 0.25) is 0 Å². The molecule has 18 heavy (non-hydrogen) atoms. The normalized spacial score (nSPS) is 12.4. The highest BCUT2D eigenvalue weighted by atomic mass is 79.9. The number of rotatable bonds is 3. The fraction of sp³-hybridized carbons (Fsp3) is 0.200. The van der Waals surface area contributed by atoms with E-state index in [0.717, 1.165) is 20.9 Å². The Morgan fingerprint density at radius 3 is 2.56 bits per heavy atom. The third-order valence-electron chi connectivity index (χ3n) is 2.97. The maximum absolute atomic E-state index is 6.30. The van der Waals surface area contributed by atoms with Crippen LogP contribution in [0.25, 0.3) is 0 Å². The van der Waals surface area contributed by atoms with Crippen LogP contribution >= 0.6 is 31.9 Å². The lowest BCUT2D eigenvalue weighted by atomic mass is 9.98. The summed E-state index contributed by atoms with van der Waals surface area (Å²) >= 11 is 7.10. The maximum atomic E-state index is 6.30. The third-order valence-corrected chi connectivity index (χ3v) is 4.54. The molecule has 3 heteroatoms. The molecule has 0 saturated carbocycles. The predicted molar refractivity (Wildman–Crippen MR) is 83.7 cm³/mol. The highest BCUT2D eigenvalue weighted by molar-refractivity contribution is 9.10. The van der Waals surface area contributed by atoms with Crippen LogP contribution in [0.4, 0.5) is 0 Å². The summed E-state index contributed by atoms with van der Waals surface area (Å²) in [6.45, 7) is 2.08. The van der Waals surface area contributed by atoms with Gasteiger partial charge in [0.2, 0.25) is 0 Å². The van der Waals surface area contributed by atoms with Gasteiger partial charge in [0.15, 0.2) is 0 Å². The number of halogens is 2. The van der Waals surface area contributed by atoms with Crippen molar-refractivity contribution in [2.45, 2.75) is 19.4 Å². The standard InChI is InChI=1S/C15H15Br2N/c1-10-4-2-7-13(15(10)17)14(18)9-11-5-3-6-12(16)8-11/h2-8,14H,9,18H2,1H3. The second-order valence-corrected chi connectivity index (χ2v) is 6.13. The Kier molecular flexibility index (Phi) is 4.60. The first-order chi connectivity index (χ1) is 8.58. The van der Waals surface area contributed by atoms with Crippen LogP contribution < -0.4 is 5.73 Å². The zero-order valence-corrected chi connectivity index (χ0v) is 13.3. The van der Waals surface area contributed by atoms with Crippen molar-refractivity contribution in [1.29, 1.82) is 0 Å². The van der Waals surface area contributed by atoms with Crippen molar-refractivity contribution in [1.82, 2.24) is 0 Å². The molecule has 2 aromatic carbocycles. The SMILES string of the molecule is Cc1cccc(C(N)Cc2cccc(Br)c2)c1Br. The minimum atomic E-state index is 0.00794. The van der Waals surface area contributed by atoms with E-state index in [2.05, 4.69) is 69.1 Å². The first-order valence-electron chi connectivity index (χ1n) is 5.83. The van der Waals surface area contributed by atoms with Crippen LogP contribution in [-0.2, 0) is 6.42 Å². The molecular weight excluding hydrogens is 354 g/mol. The molecule has 0 amide bonds. The summed E-state index contributed by atoms with van der Waals surface area (Å²) in [5, 5.41) is 0. The van der Waals surface area contributed by atoms with E-state index in [0.29, 0.717) is 0 Å². The molecule has 0 aliphatic heterocycles. The summed E-state index contributed by atoms with van der Waals surface area (Å²) in [7, 11) is 0. The molecular formula is C15H15Br2N. The second kappa shape index (κ2) is 6.00. The smallest absolute Gasteiger partial charge is 0.0347 e. The molecule has 2 aromatic rings. The molecule has 0 heterocycles. The van der Waals surface area contributed by atoms with Crippen molar-refractivity contribution in [3.63, 3.8) is 0 Å². The molecule has 0 aliphatic rings. The first kappa shape index (κ1) is 13.8. The van der Waals surface area contributed by atoms with Gasteiger partial charge in [0.1, 0.15) is 0 Å². The van der Waals surface area contributed by atoms with Gasteiger partial charge in [0, 0.05) is 15.0 Å². The third kappa shape index (κ3) is 3.22. The Hall–Kier alpha value is -0.640. The topological polar surface area (TPSA) is 26.0 Å². The van der Waals surface area contributed by atoms with Gasteiger partial charge >= 0.3 is 0 Å². The molecule has 1 atom stereocenters. The van der Waals surface area contributed by atoms with Crippen molar-refractivity contribution in [2.75, 3.05) is 0 Å². The molecule has 94 valence electrons. The minimum absolute atomic E-state index is 0.00794. The molecule has 0 aliphatic carbocycles. The van der Waals surface area contributed by atoms with Gasteiger partial charge in [-0.2, -0.15) is 0 Å². The zero-order chi connectivity index (χ0) is 13.1. The van der Waals surface area contributed by atoms with E-state index in [1.54, 1.807) is 0 Å². The van der Waals surface area contributed by atoms with Gasteiger partial charge in [0.25, 0.3) is 0 Å². The van der Waals surface area contributed by atoms with Gasteiger partial charge in [-0.1, -0.05) is 62.2 Å². The summed E-state index contributed by atoms with van der Waals surface area (Å²) in [6, 6.07) is 14.5. The average molecular weight is 369 g/mol. The lowest BCUT2D eigenvalue weighted by Crippen LogP contribution is -2.14. The molecule has 0 aromatic heterocycles. The zero-order valence-electron chi connectivity index (χ0n) is 10.2. The Morgan fingerprint density at radius 1 is 1.11 bits per heavy atom. The number of hydrogen-bond acceptors (Lipinski definition) is 1. The van der Waals surface area contributed by atoms with Crippen LogP contribution in [0.15, 0.2) is 51.4 Å².